The molecule has 0 bridgehead atoms. The molecule has 96 valence electrons. The Morgan fingerprint density at radius 3 is 2.78 bits per heavy atom. The first-order valence-corrected chi connectivity index (χ1v) is 5.95. The Labute approximate surface area is 107 Å². The standard InChI is InChI=1S/C14H19N3O/c1-14(2,18-3)9-16-13-7-4-10-8-11(15)5-6-12(10)17-13/h4-8H,9,15H2,1-3H3,(H,16,17). The highest BCUT2D eigenvalue weighted by Crippen LogP contribution is 2.18. The van der Waals surface area contributed by atoms with E-state index in [4.69, 9.17) is 10.5 Å². The molecule has 1 aromatic heterocycles. The predicted octanol–water partition coefficient (Wildman–Crippen LogP) is 2.65. The van der Waals surface area contributed by atoms with Crippen LogP contribution in [0.15, 0.2) is 30.3 Å². The Balaban J connectivity index is 2.18. The monoisotopic (exact) mass is 245 g/mol. The molecule has 0 unspecified atom stereocenters. The van der Waals surface area contributed by atoms with Crippen LogP contribution in [0.4, 0.5) is 11.5 Å². The van der Waals surface area contributed by atoms with E-state index in [0.29, 0.717) is 6.54 Å². The number of rotatable bonds is 4. The van der Waals surface area contributed by atoms with Crippen molar-refractivity contribution in [1.29, 1.82) is 0 Å². The zero-order valence-corrected chi connectivity index (χ0v) is 11.0. The molecule has 0 aliphatic carbocycles. The molecule has 0 amide bonds. The Morgan fingerprint density at radius 2 is 2.06 bits per heavy atom. The maximum Gasteiger partial charge on any atom is 0.126 e. The predicted molar refractivity (Wildman–Crippen MR) is 75.7 cm³/mol. The van der Waals surface area contributed by atoms with Crippen molar-refractivity contribution in [2.45, 2.75) is 19.4 Å². The van der Waals surface area contributed by atoms with Gasteiger partial charge in [-0.2, -0.15) is 0 Å². The van der Waals surface area contributed by atoms with Gasteiger partial charge in [0.2, 0.25) is 0 Å². The Morgan fingerprint density at radius 1 is 1.28 bits per heavy atom. The minimum Gasteiger partial charge on any atom is -0.399 e. The van der Waals surface area contributed by atoms with Gasteiger partial charge in [0.25, 0.3) is 0 Å². The number of ether oxygens (including phenoxy) is 1. The average molecular weight is 245 g/mol. The van der Waals surface area contributed by atoms with Crippen molar-refractivity contribution in [3.63, 3.8) is 0 Å². The Bertz CT molecular complexity index is 552. The number of anilines is 2. The molecule has 1 heterocycles. The van der Waals surface area contributed by atoms with E-state index in [1.807, 2.05) is 44.2 Å². The van der Waals surface area contributed by atoms with Gasteiger partial charge < -0.3 is 15.8 Å². The van der Waals surface area contributed by atoms with E-state index >= 15 is 0 Å². The van der Waals surface area contributed by atoms with Crippen LogP contribution in [-0.2, 0) is 4.74 Å². The molecular weight excluding hydrogens is 226 g/mol. The molecule has 0 saturated carbocycles. The number of aromatic nitrogens is 1. The van der Waals surface area contributed by atoms with Gasteiger partial charge in [0.05, 0.1) is 11.1 Å². The van der Waals surface area contributed by atoms with E-state index in [1.165, 1.54) is 0 Å². The van der Waals surface area contributed by atoms with Crippen LogP contribution in [-0.4, -0.2) is 24.2 Å². The molecule has 0 fully saturated rings. The van der Waals surface area contributed by atoms with Crippen molar-refractivity contribution in [1.82, 2.24) is 4.98 Å². The number of nitrogens with one attached hydrogen (secondary N) is 1. The van der Waals surface area contributed by atoms with E-state index in [0.717, 1.165) is 22.4 Å². The molecule has 3 N–H and O–H groups in total. The molecular formula is C14H19N3O. The van der Waals surface area contributed by atoms with Crippen LogP contribution in [0.2, 0.25) is 0 Å². The summed E-state index contributed by atoms with van der Waals surface area (Å²) in [5.41, 5.74) is 7.21. The molecule has 4 heteroatoms. The summed E-state index contributed by atoms with van der Waals surface area (Å²) in [5, 5.41) is 4.32. The molecule has 0 spiro atoms. The molecule has 0 aliphatic heterocycles. The zero-order chi connectivity index (χ0) is 13.2. The van der Waals surface area contributed by atoms with Crippen LogP contribution in [0.1, 0.15) is 13.8 Å². The van der Waals surface area contributed by atoms with Gasteiger partial charge >= 0.3 is 0 Å². The van der Waals surface area contributed by atoms with Crippen molar-refractivity contribution in [3.05, 3.63) is 30.3 Å². The second kappa shape index (κ2) is 4.82. The van der Waals surface area contributed by atoms with Gasteiger partial charge in [0.1, 0.15) is 5.82 Å². The summed E-state index contributed by atoms with van der Waals surface area (Å²) in [5.74, 6) is 0.845. The minimum absolute atomic E-state index is 0.211. The maximum atomic E-state index is 5.74. The third kappa shape index (κ3) is 2.90. The summed E-state index contributed by atoms with van der Waals surface area (Å²) < 4.78 is 5.36. The van der Waals surface area contributed by atoms with Crippen molar-refractivity contribution < 1.29 is 4.74 Å². The summed E-state index contributed by atoms with van der Waals surface area (Å²) in [4.78, 5) is 4.53. The second-order valence-electron chi connectivity index (χ2n) is 4.97. The van der Waals surface area contributed by atoms with Crippen LogP contribution in [0.3, 0.4) is 0 Å². The van der Waals surface area contributed by atoms with Crippen molar-refractivity contribution in [2.24, 2.45) is 0 Å². The third-order valence-corrected chi connectivity index (χ3v) is 2.96. The number of nitrogens with two attached hydrogens (primary N) is 1. The van der Waals surface area contributed by atoms with E-state index < -0.39 is 0 Å². The topological polar surface area (TPSA) is 60.2 Å². The molecule has 2 aromatic rings. The molecule has 2 rings (SSSR count). The second-order valence-corrected chi connectivity index (χ2v) is 4.97. The van der Waals surface area contributed by atoms with E-state index in [2.05, 4.69) is 10.3 Å². The van der Waals surface area contributed by atoms with E-state index in [9.17, 15) is 0 Å². The van der Waals surface area contributed by atoms with Gasteiger partial charge in [-0.1, -0.05) is 0 Å². The lowest BCUT2D eigenvalue weighted by atomic mass is 10.1. The van der Waals surface area contributed by atoms with Crippen LogP contribution < -0.4 is 11.1 Å². The Hall–Kier alpha value is -1.81. The number of nitrogen functional groups attached to an aromatic ring is 1. The minimum atomic E-state index is -0.211. The summed E-state index contributed by atoms with van der Waals surface area (Å²) in [7, 11) is 1.71. The number of hydrogen-bond donors (Lipinski definition) is 2. The number of nitrogens with zero attached hydrogens (tertiary/aromatic N) is 1. The lowest BCUT2D eigenvalue weighted by molar-refractivity contribution is 0.0343. The zero-order valence-electron chi connectivity index (χ0n) is 11.0. The molecule has 0 atom stereocenters. The van der Waals surface area contributed by atoms with Gasteiger partial charge in [-0.15, -0.1) is 0 Å². The summed E-state index contributed by atoms with van der Waals surface area (Å²) in [6, 6.07) is 9.68. The number of hydrogen-bond acceptors (Lipinski definition) is 4. The first kappa shape index (κ1) is 12.6. The highest BCUT2D eigenvalue weighted by molar-refractivity contribution is 5.83. The molecule has 1 aromatic carbocycles. The summed E-state index contributed by atoms with van der Waals surface area (Å²) in [6.07, 6.45) is 0. The van der Waals surface area contributed by atoms with Gasteiger partial charge in [0.15, 0.2) is 0 Å². The smallest absolute Gasteiger partial charge is 0.126 e. The highest BCUT2D eigenvalue weighted by atomic mass is 16.5. The summed E-state index contributed by atoms with van der Waals surface area (Å²) >= 11 is 0. The number of pyridine rings is 1. The first-order chi connectivity index (χ1) is 8.50. The summed E-state index contributed by atoms with van der Waals surface area (Å²) in [6.45, 7) is 4.76. The molecule has 4 nitrogen and oxygen atoms in total. The SMILES string of the molecule is COC(C)(C)CNc1ccc2cc(N)ccc2n1. The fourth-order valence-corrected chi connectivity index (χ4v) is 1.62. The highest BCUT2D eigenvalue weighted by Gasteiger charge is 2.15. The molecule has 18 heavy (non-hydrogen) atoms. The van der Waals surface area contributed by atoms with E-state index in [1.54, 1.807) is 7.11 Å². The van der Waals surface area contributed by atoms with Crippen LogP contribution in [0.5, 0.6) is 0 Å². The Kier molecular flexibility index (Phi) is 3.39. The fraction of sp³-hybridized carbons (Fsp3) is 0.357. The third-order valence-electron chi connectivity index (χ3n) is 2.96. The van der Waals surface area contributed by atoms with Gasteiger partial charge in [-0.3, -0.25) is 0 Å². The van der Waals surface area contributed by atoms with Crippen LogP contribution in [0, 0.1) is 0 Å². The lowest BCUT2D eigenvalue weighted by Gasteiger charge is -2.23. The lowest BCUT2D eigenvalue weighted by Crippen LogP contribution is -2.32. The quantitative estimate of drug-likeness (QED) is 0.813. The van der Waals surface area contributed by atoms with Gasteiger partial charge in [-0.25, -0.2) is 4.98 Å². The number of methoxy groups -OCH3 is 1. The largest absolute Gasteiger partial charge is 0.399 e. The van der Waals surface area contributed by atoms with Crippen LogP contribution >= 0.6 is 0 Å². The first-order valence-electron chi connectivity index (χ1n) is 5.95. The van der Waals surface area contributed by atoms with Crippen LogP contribution in [0.25, 0.3) is 10.9 Å². The number of fused-ring (bicyclic) bond motifs is 1. The van der Waals surface area contributed by atoms with Gasteiger partial charge in [-0.05, 0) is 44.2 Å². The molecule has 0 radical (unpaired) electrons. The number of benzene rings is 1. The van der Waals surface area contributed by atoms with Crippen molar-refractivity contribution in [2.75, 3.05) is 24.7 Å². The fourth-order valence-electron chi connectivity index (χ4n) is 1.62. The van der Waals surface area contributed by atoms with Gasteiger partial charge in [0, 0.05) is 24.7 Å². The molecule has 0 aliphatic rings. The average Bonchev–Trinajstić information content (AvgIpc) is 2.36. The normalized spacial score (nSPS) is 11.7. The van der Waals surface area contributed by atoms with Crippen molar-refractivity contribution >= 4 is 22.4 Å². The maximum absolute atomic E-state index is 5.74. The van der Waals surface area contributed by atoms with E-state index in [-0.39, 0.29) is 5.60 Å². The van der Waals surface area contributed by atoms with Crippen molar-refractivity contribution in [3.8, 4) is 0 Å². The molecule has 0 saturated heterocycles.